The monoisotopic (exact) mass is 336 g/mol. The van der Waals surface area contributed by atoms with Crippen molar-refractivity contribution in [3.8, 4) is 0 Å². The standard InChI is InChI=1S/C14H24N4O.2ClH/c1-9(14(19)16-12-5-6-15-8-12)7-13-10(2)17-18(4)11(13)3;;/h9,12,15H,5-8H2,1-4H3,(H,16,19);2*1H. The van der Waals surface area contributed by atoms with E-state index >= 15 is 0 Å². The molecule has 2 unspecified atom stereocenters. The highest BCUT2D eigenvalue weighted by atomic mass is 35.5. The molecule has 1 aromatic rings. The SMILES string of the molecule is Cc1nn(C)c(C)c1CC(C)C(=O)NC1CCNC1.Cl.Cl. The number of aromatic nitrogens is 2. The summed E-state index contributed by atoms with van der Waals surface area (Å²) in [7, 11) is 1.95. The molecule has 21 heavy (non-hydrogen) atoms. The molecule has 2 heterocycles. The average molecular weight is 337 g/mol. The number of hydrogen-bond acceptors (Lipinski definition) is 3. The third-order valence-electron chi connectivity index (χ3n) is 4.02. The second-order valence-electron chi connectivity index (χ2n) is 5.58. The summed E-state index contributed by atoms with van der Waals surface area (Å²) < 4.78 is 1.89. The van der Waals surface area contributed by atoms with Gasteiger partial charge in [0.25, 0.3) is 0 Å². The first-order valence-electron chi connectivity index (χ1n) is 6.99. The number of amides is 1. The van der Waals surface area contributed by atoms with Crippen molar-refractivity contribution < 1.29 is 4.79 Å². The third-order valence-corrected chi connectivity index (χ3v) is 4.02. The number of rotatable bonds is 4. The Balaban J connectivity index is 0.00000200. The molecule has 2 atom stereocenters. The van der Waals surface area contributed by atoms with E-state index in [-0.39, 0.29) is 36.6 Å². The van der Waals surface area contributed by atoms with Crippen molar-refractivity contribution in [1.82, 2.24) is 20.4 Å². The van der Waals surface area contributed by atoms with Gasteiger partial charge in [0.1, 0.15) is 0 Å². The van der Waals surface area contributed by atoms with E-state index in [1.54, 1.807) is 0 Å². The number of hydrogen-bond donors (Lipinski definition) is 2. The van der Waals surface area contributed by atoms with Crippen molar-refractivity contribution >= 4 is 30.7 Å². The van der Waals surface area contributed by atoms with Gasteiger partial charge in [-0.15, -0.1) is 24.8 Å². The molecule has 0 aliphatic carbocycles. The zero-order valence-electron chi connectivity index (χ0n) is 13.1. The van der Waals surface area contributed by atoms with Crippen LogP contribution in [0.25, 0.3) is 0 Å². The lowest BCUT2D eigenvalue weighted by Crippen LogP contribution is -2.39. The Morgan fingerprint density at radius 1 is 1.48 bits per heavy atom. The van der Waals surface area contributed by atoms with Gasteiger partial charge in [0.15, 0.2) is 0 Å². The molecule has 2 rings (SSSR count). The van der Waals surface area contributed by atoms with Crippen LogP contribution in [0.15, 0.2) is 0 Å². The fraction of sp³-hybridized carbons (Fsp3) is 0.714. The lowest BCUT2D eigenvalue weighted by Gasteiger charge is -2.16. The molecule has 7 heteroatoms. The number of carbonyl (C=O) groups is 1. The number of aryl methyl sites for hydroxylation is 2. The van der Waals surface area contributed by atoms with Crippen molar-refractivity contribution in [3.63, 3.8) is 0 Å². The minimum absolute atomic E-state index is 0. The molecule has 122 valence electrons. The molecule has 1 amide bonds. The normalized spacial score (nSPS) is 18.6. The number of nitrogens with one attached hydrogen (secondary N) is 2. The van der Waals surface area contributed by atoms with Crippen molar-refractivity contribution in [1.29, 1.82) is 0 Å². The second-order valence-corrected chi connectivity index (χ2v) is 5.58. The number of nitrogens with zero attached hydrogens (tertiary/aromatic N) is 2. The molecule has 1 aliphatic heterocycles. The Hall–Kier alpha value is -0.780. The first-order chi connectivity index (χ1) is 8.99. The Labute approximate surface area is 139 Å². The lowest BCUT2D eigenvalue weighted by molar-refractivity contribution is -0.125. The molecule has 0 spiro atoms. The molecule has 1 saturated heterocycles. The van der Waals surface area contributed by atoms with Crippen LogP contribution < -0.4 is 10.6 Å². The summed E-state index contributed by atoms with van der Waals surface area (Å²) in [5, 5.41) is 10.8. The predicted molar refractivity (Wildman–Crippen MR) is 89.5 cm³/mol. The van der Waals surface area contributed by atoms with Crippen molar-refractivity contribution in [2.75, 3.05) is 13.1 Å². The summed E-state index contributed by atoms with van der Waals surface area (Å²) in [5.74, 6) is 0.138. The van der Waals surface area contributed by atoms with E-state index in [9.17, 15) is 4.79 Å². The van der Waals surface area contributed by atoms with Gasteiger partial charge in [-0.05, 0) is 38.8 Å². The van der Waals surface area contributed by atoms with Gasteiger partial charge in [-0.1, -0.05) is 6.92 Å². The molecular weight excluding hydrogens is 311 g/mol. The Kier molecular flexibility index (Phi) is 8.29. The topological polar surface area (TPSA) is 59.0 Å². The van der Waals surface area contributed by atoms with Gasteiger partial charge in [0.05, 0.1) is 5.69 Å². The van der Waals surface area contributed by atoms with E-state index in [1.807, 2.05) is 25.6 Å². The summed E-state index contributed by atoms with van der Waals surface area (Å²) in [6, 6.07) is 0.297. The summed E-state index contributed by atoms with van der Waals surface area (Å²) >= 11 is 0. The Morgan fingerprint density at radius 2 is 2.14 bits per heavy atom. The smallest absolute Gasteiger partial charge is 0.223 e. The molecule has 1 aliphatic rings. The zero-order valence-corrected chi connectivity index (χ0v) is 14.7. The van der Waals surface area contributed by atoms with Crippen LogP contribution in [0.4, 0.5) is 0 Å². The van der Waals surface area contributed by atoms with E-state index < -0.39 is 0 Å². The van der Waals surface area contributed by atoms with Gasteiger partial charge in [0, 0.05) is 31.2 Å². The lowest BCUT2D eigenvalue weighted by atomic mass is 9.98. The van der Waals surface area contributed by atoms with E-state index in [0.717, 1.165) is 37.3 Å². The van der Waals surface area contributed by atoms with Crippen molar-refractivity contribution in [3.05, 3.63) is 17.0 Å². The highest BCUT2D eigenvalue weighted by Crippen LogP contribution is 2.17. The Bertz CT molecular complexity index is 470. The number of halogens is 2. The van der Waals surface area contributed by atoms with E-state index in [2.05, 4.69) is 22.7 Å². The fourth-order valence-corrected chi connectivity index (χ4v) is 2.63. The van der Waals surface area contributed by atoms with Crippen LogP contribution in [0, 0.1) is 19.8 Å². The largest absolute Gasteiger partial charge is 0.352 e. The zero-order chi connectivity index (χ0) is 14.0. The summed E-state index contributed by atoms with van der Waals surface area (Å²) in [6.07, 6.45) is 1.79. The second kappa shape index (κ2) is 8.61. The van der Waals surface area contributed by atoms with Crippen LogP contribution in [0.2, 0.25) is 0 Å². The minimum atomic E-state index is -0.0119. The van der Waals surface area contributed by atoms with Crippen LogP contribution in [-0.2, 0) is 18.3 Å². The predicted octanol–water partition coefficient (Wildman–Crippen LogP) is 1.54. The molecule has 5 nitrogen and oxygen atoms in total. The van der Waals surface area contributed by atoms with Crippen LogP contribution in [0.3, 0.4) is 0 Å². The van der Waals surface area contributed by atoms with Crippen LogP contribution in [0.5, 0.6) is 0 Å². The third kappa shape index (κ3) is 4.87. The van der Waals surface area contributed by atoms with E-state index in [0.29, 0.717) is 6.04 Å². The summed E-state index contributed by atoms with van der Waals surface area (Å²) in [4.78, 5) is 12.2. The van der Waals surface area contributed by atoms with Crippen molar-refractivity contribution in [2.24, 2.45) is 13.0 Å². The molecule has 1 aromatic heterocycles. The van der Waals surface area contributed by atoms with E-state index in [4.69, 9.17) is 0 Å². The molecule has 0 radical (unpaired) electrons. The maximum atomic E-state index is 12.2. The maximum Gasteiger partial charge on any atom is 0.223 e. The van der Waals surface area contributed by atoms with Gasteiger partial charge in [-0.25, -0.2) is 0 Å². The Morgan fingerprint density at radius 3 is 2.62 bits per heavy atom. The number of carbonyl (C=O) groups excluding carboxylic acids is 1. The minimum Gasteiger partial charge on any atom is -0.352 e. The van der Waals surface area contributed by atoms with Gasteiger partial charge >= 0.3 is 0 Å². The van der Waals surface area contributed by atoms with Crippen molar-refractivity contribution in [2.45, 2.75) is 39.7 Å². The average Bonchev–Trinajstić information content (AvgIpc) is 2.94. The maximum absolute atomic E-state index is 12.2. The van der Waals surface area contributed by atoms with Crippen LogP contribution in [0.1, 0.15) is 30.3 Å². The highest BCUT2D eigenvalue weighted by Gasteiger charge is 2.22. The van der Waals surface area contributed by atoms with Crippen LogP contribution >= 0.6 is 24.8 Å². The molecule has 2 N–H and O–H groups in total. The summed E-state index contributed by atoms with van der Waals surface area (Å²) in [6.45, 7) is 7.95. The molecular formula is C14H26Cl2N4O. The quantitative estimate of drug-likeness (QED) is 0.876. The van der Waals surface area contributed by atoms with Gasteiger partial charge in [0.2, 0.25) is 5.91 Å². The first-order valence-corrected chi connectivity index (χ1v) is 6.99. The summed E-state index contributed by atoms with van der Waals surface area (Å²) in [5.41, 5.74) is 3.39. The first kappa shape index (κ1) is 20.2. The van der Waals surface area contributed by atoms with E-state index in [1.165, 1.54) is 5.56 Å². The highest BCUT2D eigenvalue weighted by molar-refractivity contribution is 5.85. The molecule has 1 fully saturated rings. The van der Waals surface area contributed by atoms with Gasteiger partial charge < -0.3 is 10.6 Å². The molecule has 0 saturated carbocycles. The molecule has 0 aromatic carbocycles. The van der Waals surface area contributed by atoms with Gasteiger partial charge in [-0.2, -0.15) is 5.10 Å². The molecule has 0 bridgehead atoms. The van der Waals surface area contributed by atoms with Crippen LogP contribution in [-0.4, -0.2) is 34.8 Å². The fourth-order valence-electron chi connectivity index (χ4n) is 2.63. The van der Waals surface area contributed by atoms with Gasteiger partial charge in [-0.3, -0.25) is 9.48 Å².